The first kappa shape index (κ1) is 17.7. The smallest absolute Gasteiger partial charge is 0.309 e. The van der Waals surface area contributed by atoms with Crippen LogP contribution in [0.4, 0.5) is 0 Å². The van der Waals surface area contributed by atoms with Crippen molar-refractivity contribution in [2.45, 2.75) is 56.6 Å². The molecule has 0 heterocycles. The van der Waals surface area contributed by atoms with E-state index in [0.29, 0.717) is 6.42 Å². The molecule has 0 saturated heterocycles. The van der Waals surface area contributed by atoms with E-state index < -0.39 is 17.4 Å². The van der Waals surface area contributed by atoms with Crippen molar-refractivity contribution in [1.82, 2.24) is 10.6 Å². The van der Waals surface area contributed by atoms with Crippen molar-refractivity contribution in [3.8, 4) is 5.75 Å². The van der Waals surface area contributed by atoms with Gasteiger partial charge < -0.3 is 20.5 Å². The summed E-state index contributed by atoms with van der Waals surface area (Å²) < 4.78 is 5.24. The van der Waals surface area contributed by atoms with Crippen LogP contribution in [0, 0.1) is 0 Å². The minimum Gasteiger partial charge on any atom is -0.497 e. The number of ether oxygens (including phenoxy) is 1. The highest BCUT2D eigenvalue weighted by atomic mass is 16.5. The molecule has 1 saturated carbocycles. The predicted octanol–water partition coefficient (Wildman–Crippen LogP) is 1.39. The number of carbonyl (C=O) groups excluding carboxylic acids is 2. The van der Waals surface area contributed by atoms with E-state index in [0.717, 1.165) is 55.4 Å². The van der Waals surface area contributed by atoms with Gasteiger partial charge in [0.2, 0.25) is 0 Å². The lowest BCUT2D eigenvalue weighted by atomic mass is 9.79. The van der Waals surface area contributed by atoms with Gasteiger partial charge in [-0.15, -0.1) is 0 Å². The van der Waals surface area contributed by atoms with Crippen molar-refractivity contribution >= 4 is 11.8 Å². The molecule has 2 amide bonds. The highest BCUT2D eigenvalue weighted by Gasteiger charge is 2.35. The Balaban J connectivity index is 1.62. The average Bonchev–Trinajstić information content (AvgIpc) is 3.12. The first-order valence-electron chi connectivity index (χ1n) is 9.00. The number of benzene rings is 1. The molecule has 0 radical (unpaired) electrons. The molecule has 136 valence electrons. The molecule has 1 unspecified atom stereocenters. The van der Waals surface area contributed by atoms with Gasteiger partial charge in [-0.3, -0.25) is 9.59 Å². The number of hydrogen-bond donors (Lipinski definition) is 3. The Labute approximate surface area is 147 Å². The van der Waals surface area contributed by atoms with Crippen LogP contribution in [0.5, 0.6) is 5.75 Å². The summed E-state index contributed by atoms with van der Waals surface area (Å²) in [4.78, 5) is 24.1. The molecule has 3 N–H and O–H groups in total. The zero-order valence-electron chi connectivity index (χ0n) is 14.6. The van der Waals surface area contributed by atoms with Crippen LogP contribution in [0.3, 0.4) is 0 Å². The van der Waals surface area contributed by atoms with Crippen LogP contribution in [0.2, 0.25) is 0 Å². The topological polar surface area (TPSA) is 87.7 Å². The number of nitrogens with one attached hydrogen (secondary N) is 2. The minimum absolute atomic E-state index is 0.0310. The molecule has 6 heteroatoms. The lowest BCUT2D eigenvalue weighted by molar-refractivity contribution is -0.140. The number of carbonyl (C=O) groups is 2. The zero-order valence-corrected chi connectivity index (χ0v) is 14.6. The Morgan fingerprint density at radius 1 is 1.24 bits per heavy atom. The molecule has 0 spiro atoms. The van der Waals surface area contributed by atoms with Gasteiger partial charge in [-0.1, -0.05) is 18.9 Å². The fourth-order valence-corrected chi connectivity index (χ4v) is 3.88. The molecule has 2 aliphatic rings. The maximum Gasteiger partial charge on any atom is 0.309 e. The van der Waals surface area contributed by atoms with Crippen LogP contribution >= 0.6 is 0 Å². The maximum atomic E-state index is 12.1. The Bertz CT molecular complexity index is 655. The normalized spacial score (nSPS) is 23.0. The highest BCUT2D eigenvalue weighted by Crippen LogP contribution is 2.36. The summed E-state index contributed by atoms with van der Waals surface area (Å²) in [5.41, 5.74) is 0.678. The Morgan fingerprint density at radius 2 is 2.00 bits per heavy atom. The number of amides is 2. The largest absolute Gasteiger partial charge is 0.497 e. The van der Waals surface area contributed by atoms with Gasteiger partial charge in [-0.05, 0) is 55.4 Å². The van der Waals surface area contributed by atoms with Gasteiger partial charge in [0, 0.05) is 6.04 Å². The van der Waals surface area contributed by atoms with Crippen molar-refractivity contribution in [2.75, 3.05) is 13.7 Å². The van der Waals surface area contributed by atoms with Crippen LogP contribution in [0.15, 0.2) is 18.2 Å². The molecular weight excluding hydrogens is 320 g/mol. The summed E-state index contributed by atoms with van der Waals surface area (Å²) >= 11 is 0. The highest BCUT2D eigenvalue weighted by molar-refractivity contribution is 6.35. The molecular formula is C19H26N2O4. The lowest BCUT2D eigenvalue weighted by Crippen LogP contribution is -2.49. The predicted molar refractivity (Wildman–Crippen MR) is 93.2 cm³/mol. The van der Waals surface area contributed by atoms with Gasteiger partial charge in [0.05, 0.1) is 13.7 Å². The van der Waals surface area contributed by atoms with E-state index in [1.165, 1.54) is 0 Å². The van der Waals surface area contributed by atoms with Crippen molar-refractivity contribution in [1.29, 1.82) is 0 Å². The quantitative estimate of drug-likeness (QED) is 0.719. The van der Waals surface area contributed by atoms with E-state index in [1.807, 2.05) is 18.2 Å². The molecule has 1 atom stereocenters. The van der Waals surface area contributed by atoms with Crippen LogP contribution < -0.4 is 15.4 Å². The Morgan fingerprint density at radius 3 is 2.72 bits per heavy atom. The Kier molecular flexibility index (Phi) is 5.27. The van der Waals surface area contributed by atoms with E-state index in [2.05, 4.69) is 10.6 Å². The summed E-state index contributed by atoms with van der Waals surface area (Å²) in [6.07, 6.45) is 6.28. The fourth-order valence-electron chi connectivity index (χ4n) is 3.88. The van der Waals surface area contributed by atoms with Gasteiger partial charge in [-0.25, -0.2) is 0 Å². The summed E-state index contributed by atoms with van der Waals surface area (Å²) in [7, 11) is 1.61. The van der Waals surface area contributed by atoms with Crippen molar-refractivity contribution in [2.24, 2.45) is 0 Å². The van der Waals surface area contributed by atoms with Gasteiger partial charge in [-0.2, -0.15) is 0 Å². The van der Waals surface area contributed by atoms with Gasteiger partial charge >= 0.3 is 11.8 Å². The summed E-state index contributed by atoms with van der Waals surface area (Å²) in [5.74, 6) is -0.537. The van der Waals surface area contributed by atoms with Gasteiger partial charge in [0.15, 0.2) is 0 Å². The molecule has 1 aromatic carbocycles. The third kappa shape index (κ3) is 3.95. The van der Waals surface area contributed by atoms with Crippen LogP contribution in [0.1, 0.15) is 49.7 Å². The molecule has 25 heavy (non-hydrogen) atoms. The number of rotatable bonds is 4. The fraction of sp³-hybridized carbons (Fsp3) is 0.579. The van der Waals surface area contributed by atoms with Crippen molar-refractivity contribution in [3.05, 3.63) is 29.3 Å². The van der Waals surface area contributed by atoms with E-state index in [9.17, 15) is 14.7 Å². The van der Waals surface area contributed by atoms with E-state index in [4.69, 9.17) is 4.74 Å². The second-order valence-corrected chi connectivity index (χ2v) is 7.05. The van der Waals surface area contributed by atoms with E-state index >= 15 is 0 Å². The number of methoxy groups -OCH3 is 1. The van der Waals surface area contributed by atoms with Gasteiger partial charge in [0.1, 0.15) is 11.4 Å². The van der Waals surface area contributed by atoms with E-state index in [1.54, 1.807) is 7.11 Å². The monoisotopic (exact) mass is 346 g/mol. The molecule has 0 aliphatic heterocycles. The second-order valence-electron chi connectivity index (χ2n) is 7.05. The first-order chi connectivity index (χ1) is 12.0. The molecule has 3 rings (SSSR count). The second kappa shape index (κ2) is 7.44. The lowest BCUT2D eigenvalue weighted by Gasteiger charge is -2.34. The van der Waals surface area contributed by atoms with Crippen LogP contribution in [-0.4, -0.2) is 36.6 Å². The van der Waals surface area contributed by atoms with Crippen molar-refractivity contribution < 1.29 is 19.4 Å². The van der Waals surface area contributed by atoms with Crippen LogP contribution in [-0.2, 0) is 21.6 Å². The van der Waals surface area contributed by atoms with E-state index in [-0.39, 0.29) is 12.6 Å². The number of aliphatic hydroxyl groups is 1. The summed E-state index contributed by atoms with van der Waals surface area (Å²) in [6.45, 7) is 0.0310. The minimum atomic E-state index is -1.15. The number of hydrogen-bond acceptors (Lipinski definition) is 4. The standard InChI is InChI=1S/C19H26N2O4/c1-25-15-8-9-16-13(11-15)5-4-10-19(16,24)12-20-17(22)18(23)21-14-6-2-3-7-14/h8-9,11,14,24H,2-7,10,12H2,1H3,(H,20,22)(H,21,23). The zero-order chi connectivity index (χ0) is 17.9. The third-order valence-electron chi connectivity index (χ3n) is 5.29. The SMILES string of the molecule is COc1ccc2c(c1)CCCC2(O)CNC(=O)C(=O)NC1CCCC1. The summed E-state index contributed by atoms with van der Waals surface area (Å²) in [5, 5.41) is 16.4. The van der Waals surface area contributed by atoms with Crippen molar-refractivity contribution in [3.63, 3.8) is 0 Å². The maximum absolute atomic E-state index is 12.1. The number of aryl methyl sites for hydroxylation is 1. The Hall–Kier alpha value is -2.08. The molecule has 2 aliphatic carbocycles. The molecule has 6 nitrogen and oxygen atoms in total. The third-order valence-corrected chi connectivity index (χ3v) is 5.29. The van der Waals surface area contributed by atoms with Gasteiger partial charge in [0.25, 0.3) is 0 Å². The first-order valence-corrected chi connectivity index (χ1v) is 9.00. The molecule has 1 aromatic rings. The number of fused-ring (bicyclic) bond motifs is 1. The average molecular weight is 346 g/mol. The molecule has 0 bridgehead atoms. The molecule has 0 aromatic heterocycles. The molecule has 1 fully saturated rings. The summed E-state index contributed by atoms with van der Waals surface area (Å²) in [6, 6.07) is 5.68. The van der Waals surface area contributed by atoms with Crippen LogP contribution in [0.25, 0.3) is 0 Å².